The summed E-state index contributed by atoms with van der Waals surface area (Å²) in [5, 5.41) is 2.26. The summed E-state index contributed by atoms with van der Waals surface area (Å²) in [4.78, 5) is 12.7. The number of hydrazine groups is 1. The Morgan fingerprint density at radius 3 is 0.652 bits per heavy atom. The van der Waals surface area contributed by atoms with Crippen molar-refractivity contribution in [1.82, 2.24) is 0 Å². The van der Waals surface area contributed by atoms with Crippen molar-refractivity contribution in [1.29, 1.82) is 0 Å². The summed E-state index contributed by atoms with van der Waals surface area (Å²) < 4.78 is 0. The van der Waals surface area contributed by atoms with Gasteiger partial charge < -0.3 is 24.5 Å². The van der Waals surface area contributed by atoms with E-state index in [2.05, 4.69) is 212 Å². The van der Waals surface area contributed by atoms with Gasteiger partial charge >= 0.3 is 0 Å². The van der Waals surface area contributed by atoms with Crippen molar-refractivity contribution in [2.75, 3.05) is 87.3 Å². The maximum absolute atomic E-state index is 3.86. The van der Waals surface area contributed by atoms with E-state index >= 15 is 0 Å². The molecule has 7 heteroatoms. The molecule has 5 aromatic carbocycles. The smallest absolute Gasteiger partial charge is 0.0632 e. The molecule has 376 valence electrons. The number of hydrogen-bond donors (Lipinski definition) is 1. The normalized spacial score (nSPS) is 11.1. The summed E-state index contributed by atoms with van der Waals surface area (Å²) in [7, 11) is 0. The average Bonchev–Trinajstić information content (AvgIpc) is 3.39. The van der Waals surface area contributed by atoms with Gasteiger partial charge in [-0.05, 0) is 173 Å². The Morgan fingerprint density at radius 1 is 0.246 bits per heavy atom. The second kappa shape index (κ2) is 31.0. The lowest BCUT2D eigenvalue weighted by atomic mass is 10.1. The van der Waals surface area contributed by atoms with Crippen molar-refractivity contribution >= 4 is 56.9 Å². The van der Waals surface area contributed by atoms with Crippen LogP contribution in [0.4, 0.5) is 56.9 Å². The van der Waals surface area contributed by atoms with Crippen LogP contribution in [0.1, 0.15) is 158 Å². The lowest BCUT2D eigenvalue weighted by molar-refractivity contribution is 0.678. The highest BCUT2D eigenvalue weighted by Crippen LogP contribution is 2.39. The summed E-state index contributed by atoms with van der Waals surface area (Å²) in [6.07, 6.45) is 19.3. The van der Waals surface area contributed by atoms with Gasteiger partial charge in [0.1, 0.15) is 0 Å². The Balaban J connectivity index is 1.54. The lowest BCUT2D eigenvalue weighted by Gasteiger charge is -2.31. The number of benzene rings is 5. The standard InChI is InChI=1S/C62H93N7/c1-9-17-45-64(46-18-10-2)54-27-25-53(26-28-54)63-69(61-41-33-57(34-42-61)67(51-23-15-7)52-24-16-8)62-43-39-60(40-44-62)68(58-35-29-55(30-36-58)65(47-19-11-3)48-20-12-4)59-37-31-56(32-38-59)66(49-21-13-5)50-22-14-6/h25-44,63H,9-24,45-52H2,1-8H3. The number of nitrogens with zero attached hydrogens (tertiary/aromatic N) is 6. The number of anilines is 10. The molecule has 0 saturated carbocycles. The topological polar surface area (TPSA) is 31.5 Å². The molecule has 5 rings (SSSR count). The van der Waals surface area contributed by atoms with Gasteiger partial charge in [0.25, 0.3) is 0 Å². The minimum Gasteiger partial charge on any atom is -0.372 e. The molecule has 0 radical (unpaired) electrons. The molecule has 0 spiro atoms. The van der Waals surface area contributed by atoms with Crippen molar-refractivity contribution in [3.8, 4) is 0 Å². The van der Waals surface area contributed by atoms with E-state index in [0.29, 0.717) is 0 Å². The second-order valence-corrected chi connectivity index (χ2v) is 19.2. The van der Waals surface area contributed by atoms with Crippen LogP contribution in [0.3, 0.4) is 0 Å². The largest absolute Gasteiger partial charge is 0.372 e. The molecule has 1 N–H and O–H groups in total. The van der Waals surface area contributed by atoms with Crippen molar-refractivity contribution in [2.24, 2.45) is 0 Å². The van der Waals surface area contributed by atoms with Crippen molar-refractivity contribution in [3.05, 3.63) is 121 Å². The summed E-state index contributed by atoms with van der Waals surface area (Å²) in [5.74, 6) is 0. The van der Waals surface area contributed by atoms with Gasteiger partial charge in [0, 0.05) is 92.2 Å². The lowest BCUT2D eigenvalue weighted by Crippen LogP contribution is -2.27. The minimum absolute atomic E-state index is 1.06. The molecule has 0 aliphatic rings. The van der Waals surface area contributed by atoms with Crippen molar-refractivity contribution in [3.63, 3.8) is 0 Å². The number of hydrogen-bond acceptors (Lipinski definition) is 7. The average molecular weight is 936 g/mol. The predicted octanol–water partition coefficient (Wildman–Crippen LogP) is 17.9. The molecule has 0 unspecified atom stereocenters. The molecular weight excluding hydrogens is 843 g/mol. The highest BCUT2D eigenvalue weighted by atomic mass is 15.5. The van der Waals surface area contributed by atoms with Crippen LogP contribution in [-0.2, 0) is 0 Å². The van der Waals surface area contributed by atoms with Gasteiger partial charge in [-0.25, -0.2) is 0 Å². The first-order valence-electron chi connectivity index (χ1n) is 27.8. The molecule has 0 fully saturated rings. The zero-order chi connectivity index (χ0) is 49.1. The summed E-state index contributed by atoms with van der Waals surface area (Å²) in [6, 6.07) is 46.1. The van der Waals surface area contributed by atoms with Crippen LogP contribution in [0.15, 0.2) is 121 Å². The van der Waals surface area contributed by atoms with Crippen LogP contribution in [0.25, 0.3) is 0 Å². The van der Waals surface area contributed by atoms with E-state index in [1.807, 2.05) is 0 Å². The fourth-order valence-electron chi connectivity index (χ4n) is 9.06. The molecule has 5 aromatic rings. The summed E-state index contributed by atoms with van der Waals surface area (Å²) in [6.45, 7) is 27.1. The van der Waals surface area contributed by atoms with Gasteiger partial charge in [0.05, 0.1) is 17.1 Å². The molecule has 0 atom stereocenters. The Bertz CT molecular complexity index is 1970. The van der Waals surface area contributed by atoms with Crippen LogP contribution in [0, 0.1) is 0 Å². The fourth-order valence-corrected chi connectivity index (χ4v) is 9.06. The van der Waals surface area contributed by atoms with E-state index < -0.39 is 0 Å². The third kappa shape index (κ3) is 17.0. The Kier molecular flexibility index (Phi) is 24.6. The Morgan fingerprint density at radius 2 is 0.435 bits per heavy atom. The molecule has 0 amide bonds. The van der Waals surface area contributed by atoms with Gasteiger partial charge in [-0.3, -0.25) is 10.4 Å². The van der Waals surface area contributed by atoms with Crippen LogP contribution >= 0.6 is 0 Å². The molecule has 69 heavy (non-hydrogen) atoms. The first-order chi connectivity index (χ1) is 33.9. The van der Waals surface area contributed by atoms with E-state index in [1.54, 1.807) is 0 Å². The maximum Gasteiger partial charge on any atom is 0.0632 e. The molecule has 0 aliphatic heterocycles. The van der Waals surface area contributed by atoms with E-state index in [1.165, 1.54) is 125 Å². The van der Waals surface area contributed by atoms with Gasteiger partial charge in [0.2, 0.25) is 0 Å². The van der Waals surface area contributed by atoms with Crippen molar-refractivity contribution in [2.45, 2.75) is 158 Å². The van der Waals surface area contributed by atoms with Gasteiger partial charge in [0.15, 0.2) is 0 Å². The fraction of sp³-hybridized carbons (Fsp3) is 0.516. The van der Waals surface area contributed by atoms with Crippen LogP contribution < -0.4 is 34.9 Å². The molecule has 0 heterocycles. The van der Waals surface area contributed by atoms with E-state index in [-0.39, 0.29) is 0 Å². The van der Waals surface area contributed by atoms with Crippen LogP contribution in [-0.4, -0.2) is 52.4 Å². The molecular formula is C62H93N7. The number of nitrogens with one attached hydrogen (secondary N) is 1. The van der Waals surface area contributed by atoms with E-state index in [0.717, 1.165) is 86.5 Å². The highest BCUT2D eigenvalue weighted by Gasteiger charge is 2.18. The summed E-state index contributed by atoms with van der Waals surface area (Å²) in [5.41, 5.74) is 15.8. The monoisotopic (exact) mass is 936 g/mol. The Hall–Kier alpha value is -5.30. The third-order valence-electron chi connectivity index (χ3n) is 13.5. The van der Waals surface area contributed by atoms with E-state index in [4.69, 9.17) is 0 Å². The predicted molar refractivity (Wildman–Crippen MR) is 308 cm³/mol. The van der Waals surface area contributed by atoms with Crippen molar-refractivity contribution < 1.29 is 0 Å². The first-order valence-corrected chi connectivity index (χ1v) is 27.8. The number of rotatable bonds is 35. The maximum atomic E-state index is 3.86. The molecule has 0 bridgehead atoms. The highest BCUT2D eigenvalue weighted by molar-refractivity contribution is 5.80. The van der Waals surface area contributed by atoms with Crippen LogP contribution in [0.2, 0.25) is 0 Å². The Labute approximate surface area is 421 Å². The second-order valence-electron chi connectivity index (χ2n) is 19.2. The zero-order valence-corrected chi connectivity index (χ0v) is 44.7. The third-order valence-corrected chi connectivity index (χ3v) is 13.5. The molecule has 0 aromatic heterocycles. The zero-order valence-electron chi connectivity index (χ0n) is 44.7. The molecule has 0 saturated heterocycles. The van der Waals surface area contributed by atoms with E-state index in [9.17, 15) is 0 Å². The number of unbranched alkanes of at least 4 members (excludes halogenated alkanes) is 8. The van der Waals surface area contributed by atoms with Gasteiger partial charge in [-0.1, -0.05) is 107 Å². The quantitative estimate of drug-likeness (QED) is 0.0405. The summed E-state index contributed by atoms with van der Waals surface area (Å²) >= 11 is 0. The van der Waals surface area contributed by atoms with Gasteiger partial charge in [-0.15, -0.1) is 0 Å². The minimum atomic E-state index is 1.06. The first kappa shape index (κ1) is 54.6. The van der Waals surface area contributed by atoms with Crippen LogP contribution in [0.5, 0.6) is 0 Å². The molecule has 0 aliphatic carbocycles. The SMILES string of the molecule is CCCCN(CCCC)c1ccc(NN(c2ccc(N(CCCC)CCCC)cc2)c2ccc(N(c3ccc(N(CCCC)CCCC)cc3)c3ccc(N(CCCC)CCCC)cc3)cc2)cc1. The van der Waals surface area contributed by atoms with Gasteiger partial charge in [-0.2, -0.15) is 0 Å². The molecule has 7 nitrogen and oxygen atoms in total.